The van der Waals surface area contributed by atoms with Crippen LogP contribution in [0.2, 0.25) is 0 Å². The molecule has 7 heteroatoms. The van der Waals surface area contributed by atoms with Crippen molar-refractivity contribution in [1.29, 1.82) is 0 Å². The Morgan fingerprint density at radius 2 is 1.73 bits per heavy atom. The lowest BCUT2D eigenvalue weighted by Gasteiger charge is -2.07. The van der Waals surface area contributed by atoms with E-state index in [-0.39, 0.29) is 0 Å². The molecule has 0 spiro atoms. The van der Waals surface area contributed by atoms with Gasteiger partial charge in [0.2, 0.25) is 15.3 Å². The number of hydrogen-bond acceptors (Lipinski definition) is 2. The van der Waals surface area contributed by atoms with Crippen molar-refractivity contribution in [2.45, 2.75) is 23.4 Å². The number of hydrogen-bond donors (Lipinski definition) is 0. The van der Waals surface area contributed by atoms with Crippen molar-refractivity contribution >= 4 is 9.84 Å². The van der Waals surface area contributed by atoms with Gasteiger partial charge in [0.1, 0.15) is 0 Å². The van der Waals surface area contributed by atoms with E-state index in [1.807, 2.05) is 0 Å². The molecule has 0 aromatic heterocycles. The molecular formula is C4H4F4O2S. The van der Waals surface area contributed by atoms with E-state index in [9.17, 15) is 26.0 Å². The van der Waals surface area contributed by atoms with Crippen molar-refractivity contribution in [2.24, 2.45) is 0 Å². The Hall–Kier alpha value is -0.330. The second kappa shape index (κ2) is 2.09. The van der Waals surface area contributed by atoms with Crippen LogP contribution in [0.1, 0.15) is 6.42 Å². The van der Waals surface area contributed by atoms with E-state index < -0.39 is 33.2 Å². The minimum Gasteiger partial charge on any atom is -0.230 e. The van der Waals surface area contributed by atoms with Crippen LogP contribution in [0.25, 0.3) is 0 Å². The summed E-state index contributed by atoms with van der Waals surface area (Å²) in [7, 11) is -4.89. The molecule has 1 fully saturated rings. The monoisotopic (exact) mass is 192 g/mol. The summed E-state index contributed by atoms with van der Waals surface area (Å²) in [6.07, 6.45) is -1.57. The molecule has 0 saturated carbocycles. The highest BCUT2D eigenvalue weighted by Crippen LogP contribution is 2.41. The molecule has 0 aliphatic carbocycles. The first-order chi connectivity index (χ1) is 4.78. The van der Waals surface area contributed by atoms with Crippen molar-refractivity contribution in [3.05, 3.63) is 0 Å². The molecule has 1 aliphatic rings. The Kier molecular flexibility index (Phi) is 1.66. The van der Waals surface area contributed by atoms with Gasteiger partial charge in [-0.25, -0.2) is 26.0 Å². The molecule has 2 unspecified atom stereocenters. The molecule has 2 nitrogen and oxygen atoms in total. The largest absolute Gasteiger partial charge is 0.296 e. The summed E-state index contributed by atoms with van der Waals surface area (Å²) in [5, 5.41) is 0. The molecule has 0 aromatic carbocycles. The normalized spacial score (nSPS) is 40.7. The van der Waals surface area contributed by atoms with E-state index in [0.29, 0.717) is 0 Å². The van der Waals surface area contributed by atoms with E-state index in [0.717, 1.165) is 0 Å². The second-order valence-corrected chi connectivity index (χ2v) is 4.38. The highest BCUT2D eigenvalue weighted by Gasteiger charge is 2.61. The van der Waals surface area contributed by atoms with E-state index in [4.69, 9.17) is 0 Å². The van der Waals surface area contributed by atoms with Gasteiger partial charge < -0.3 is 0 Å². The Morgan fingerprint density at radius 1 is 1.27 bits per heavy atom. The molecule has 11 heavy (non-hydrogen) atoms. The SMILES string of the molecule is O=S1(=O)C(F)CC(F)(F)C1F. The van der Waals surface area contributed by atoms with Crippen LogP contribution in [0.15, 0.2) is 0 Å². The van der Waals surface area contributed by atoms with E-state index in [1.54, 1.807) is 0 Å². The van der Waals surface area contributed by atoms with Crippen molar-refractivity contribution in [1.82, 2.24) is 0 Å². The Morgan fingerprint density at radius 3 is 1.82 bits per heavy atom. The highest BCUT2D eigenvalue weighted by atomic mass is 32.2. The predicted octanol–water partition coefficient (Wildman–Crippen LogP) is 1.03. The van der Waals surface area contributed by atoms with Crippen LogP contribution in [-0.4, -0.2) is 25.3 Å². The van der Waals surface area contributed by atoms with Gasteiger partial charge in [0, 0.05) is 0 Å². The van der Waals surface area contributed by atoms with Gasteiger partial charge in [-0.2, -0.15) is 0 Å². The highest BCUT2D eigenvalue weighted by molar-refractivity contribution is 7.92. The third-order valence-corrected chi connectivity index (χ3v) is 3.21. The summed E-state index contributed by atoms with van der Waals surface area (Å²) in [6.45, 7) is 0. The Labute approximate surface area is 60.1 Å². The zero-order valence-electron chi connectivity index (χ0n) is 5.10. The lowest BCUT2D eigenvalue weighted by atomic mass is 10.3. The third kappa shape index (κ3) is 1.11. The van der Waals surface area contributed by atoms with Gasteiger partial charge in [0.15, 0.2) is 0 Å². The maximum atomic E-state index is 12.2. The van der Waals surface area contributed by atoms with Crippen LogP contribution in [0, 0.1) is 0 Å². The second-order valence-electron chi connectivity index (χ2n) is 2.28. The number of sulfone groups is 1. The summed E-state index contributed by atoms with van der Waals surface area (Å²) >= 11 is 0. The van der Waals surface area contributed by atoms with Crippen molar-refractivity contribution in [3.8, 4) is 0 Å². The van der Waals surface area contributed by atoms with Crippen molar-refractivity contribution in [2.75, 3.05) is 0 Å². The minimum absolute atomic E-state index is 1.57. The molecule has 66 valence electrons. The fraction of sp³-hybridized carbons (Fsp3) is 1.00. The fourth-order valence-corrected chi connectivity index (χ4v) is 2.08. The van der Waals surface area contributed by atoms with Gasteiger partial charge in [-0.15, -0.1) is 0 Å². The van der Waals surface area contributed by atoms with Gasteiger partial charge in [0.05, 0.1) is 6.42 Å². The third-order valence-electron chi connectivity index (χ3n) is 1.41. The van der Waals surface area contributed by atoms with E-state index in [1.165, 1.54) is 0 Å². The molecule has 0 N–H and O–H groups in total. The maximum absolute atomic E-state index is 12.2. The number of rotatable bonds is 0. The standard InChI is InChI=1S/C4H4F4O2S/c5-2-1-4(7,8)3(6)11(2,9)10/h2-3H,1H2. The van der Waals surface area contributed by atoms with E-state index in [2.05, 4.69) is 0 Å². The minimum atomic E-state index is -4.89. The van der Waals surface area contributed by atoms with Crippen LogP contribution in [0.5, 0.6) is 0 Å². The topological polar surface area (TPSA) is 34.1 Å². The first-order valence-electron chi connectivity index (χ1n) is 2.67. The molecule has 0 radical (unpaired) electrons. The average Bonchev–Trinajstić information content (AvgIpc) is 1.94. The Balaban J connectivity index is 3.09. The van der Waals surface area contributed by atoms with Gasteiger partial charge in [-0.3, -0.25) is 0 Å². The first-order valence-corrected chi connectivity index (χ1v) is 4.28. The Bertz CT molecular complexity index is 259. The predicted molar refractivity (Wildman–Crippen MR) is 28.3 cm³/mol. The molecule has 2 atom stereocenters. The zero-order chi connectivity index (χ0) is 8.86. The zero-order valence-corrected chi connectivity index (χ0v) is 5.91. The van der Waals surface area contributed by atoms with Crippen LogP contribution < -0.4 is 0 Å². The number of alkyl halides is 4. The lowest BCUT2D eigenvalue weighted by molar-refractivity contribution is -0.0408. The average molecular weight is 192 g/mol. The smallest absolute Gasteiger partial charge is 0.230 e. The molecule has 1 rings (SSSR count). The first kappa shape index (κ1) is 8.76. The molecule has 0 aromatic rings. The van der Waals surface area contributed by atoms with Crippen molar-refractivity contribution < 1.29 is 26.0 Å². The molecule has 0 bridgehead atoms. The van der Waals surface area contributed by atoms with Crippen LogP contribution >= 0.6 is 0 Å². The summed E-state index contributed by atoms with van der Waals surface area (Å²) in [5.41, 5.74) is -6.16. The van der Waals surface area contributed by atoms with E-state index >= 15 is 0 Å². The van der Waals surface area contributed by atoms with Gasteiger partial charge in [-0.1, -0.05) is 0 Å². The molecule has 1 heterocycles. The lowest BCUT2D eigenvalue weighted by Crippen LogP contribution is -2.27. The van der Waals surface area contributed by atoms with Gasteiger partial charge in [-0.05, 0) is 0 Å². The van der Waals surface area contributed by atoms with Crippen LogP contribution in [-0.2, 0) is 9.84 Å². The fourth-order valence-electron chi connectivity index (χ4n) is 0.793. The van der Waals surface area contributed by atoms with Crippen LogP contribution in [0.3, 0.4) is 0 Å². The van der Waals surface area contributed by atoms with Crippen LogP contribution in [0.4, 0.5) is 17.6 Å². The quantitative estimate of drug-likeness (QED) is 0.537. The molecule has 1 aliphatic heterocycles. The summed E-state index contributed by atoms with van der Waals surface area (Å²) in [5.74, 6) is -4.07. The van der Waals surface area contributed by atoms with Gasteiger partial charge >= 0.3 is 0 Å². The van der Waals surface area contributed by atoms with Crippen molar-refractivity contribution in [3.63, 3.8) is 0 Å². The maximum Gasteiger partial charge on any atom is 0.296 e. The summed E-state index contributed by atoms with van der Waals surface area (Å²) in [6, 6.07) is 0. The molecule has 0 amide bonds. The van der Waals surface area contributed by atoms with Gasteiger partial charge in [0.25, 0.3) is 11.4 Å². The number of halogens is 4. The molecular weight excluding hydrogens is 188 g/mol. The molecule has 1 saturated heterocycles. The summed E-state index contributed by atoms with van der Waals surface area (Å²) < 4.78 is 69.0. The summed E-state index contributed by atoms with van der Waals surface area (Å²) in [4.78, 5) is 0.